The fourth-order valence-corrected chi connectivity index (χ4v) is 2.59. The first-order valence-electron chi connectivity index (χ1n) is 5.72. The van der Waals surface area contributed by atoms with Gasteiger partial charge in [-0.05, 0) is 38.7 Å². The monoisotopic (exact) mass is 222 g/mol. The molecule has 2 rings (SSSR count). The Bertz CT molecular complexity index is 384. The van der Waals surface area contributed by atoms with Crippen LogP contribution in [0.2, 0.25) is 0 Å². The number of allylic oxidation sites excluding steroid dienone is 1. The van der Waals surface area contributed by atoms with Crippen LogP contribution in [-0.2, 0) is 4.79 Å². The van der Waals surface area contributed by atoms with Crippen LogP contribution in [0.15, 0.2) is 16.3 Å². The molecule has 16 heavy (non-hydrogen) atoms. The zero-order valence-corrected chi connectivity index (χ0v) is 10.0. The first-order chi connectivity index (χ1) is 7.49. The van der Waals surface area contributed by atoms with Crippen LogP contribution in [0.3, 0.4) is 0 Å². The lowest BCUT2D eigenvalue weighted by molar-refractivity contribution is -0.137. The van der Waals surface area contributed by atoms with Crippen molar-refractivity contribution in [2.45, 2.75) is 39.7 Å². The number of fused-ring (bicyclic) bond motifs is 1. The summed E-state index contributed by atoms with van der Waals surface area (Å²) in [5.74, 6) is 0.560. The highest BCUT2D eigenvalue weighted by atomic mass is 16.4. The minimum Gasteiger partial charge on any atom is -0.481 e. The molecule has 2 aliphatic rings. The Morgan fingerprint density at radius 2 is 2.25 bits per heavy atom. The summed E-state index contributed by atoms with van der Waals surface area (Å²) in [6, 6.07) is 0.245. The highest BCUT2D eigenvalue weighted by Gasteiger charge is 2.33. The summed E-state index contributed by atoms with van der Waals surface area (Å²) in [5.41, 5.74) is 2.59. The van der Waals surface area contributed by atoms with E-state index in [0.29, 0.717) is 0 Å². The molecule has 0 bridgehead atoms. The predicted molar refractivity (Wildman–Crippen MR) is 62.3 cm³/mol. The summed E-state index contributed by atoms with van der Waals surface area (Å²) in [4.78, 5) is 17.5. The van der Waals surface area contributed by atoms with Gasteiger partial charge in [-0.15, -0.1) is 0 Å². The average Bonchev–Trinajstić information content (AvgIpc) is 2.58. The smallest absolute Gasteiger partial charge is 0.303 e. The van der Waals surface area contributed by atoms with E-state index in [2.05, 4.69) is 23.7 Å². The molecule has 0 unspecified atom stereocenters. The van der Waals surface area contributed by atoms with Crippen molar-refractivity contribution in [3.05, 3.63) is 11.3 Å². The van der Waals surface area contributed by atoms with Gasteiger partial charge in [0, 0.05) is 12.2 Å². The van der Waals surface area contributed by atoms with E-state index in [-0.39, 0.29) is 18.4 Å². The second-order valence-corrected chi connectivity index (χ2v) is 4.76. The molecule has 0 radical (unpaired) electrons. The van der Waals surface area contributed by atoms with Crippen molar-refractivity contribution >= 4 is 11.8 Å². The highest BCUT2D eigenvalue weighted by Crippen LogP contribution is 2.35. The molecule has 0 amide bonds. The summed E-state index contributed by atoms with van der Waals surface area (Å²) >= 11 is 0. The first kappa shape index (κ1) is 11.2. The summed E-state index contributed by atoms with van der Waals surface area (Å²) in [5, 5.41) is 8.83. The normalized spacial score (nSPS) is 29.2. The van der Waals surface area contributed by atoms with E-state index in [9.17, 15) is 4.79 Å². The van der Waals surface area contributed by atoms with Gasteiger partial charge in [0.1, 0.15) is 5.84 Å². The molecule has 2 aliphatic heterocycles. The molecule has 88 valence electrons. The lowest BCUT2D eigenvalue weighted by Crippen LogP contribution is -2.31. The van der Waals surface area contributed by atoms with E-state index < -0.39 is 5.97 Å². The maximum absolute atomic E-state index is 10.7. The maximum atomic E-state index is 10.7. The van der Waals surface area contributed by atoms with Gasteiger partial charge in [-0.25, -0.2) is 0 Å². The molecule has 1 saturated heterocycles. The van der Waals surface area contributed by atoms with Crippen LogP contribution in [-0.4, -0.2) is 34.4 Å². The molecule has 4 heteroatoms. The Kier molecular flexibility index (Phi) is 2.74. The van der Waals surface area contributed by atoms with Crippen LogP contribution in [0.25, 0.3) is 0 Å². The van der Waals surface area contributed by atoms with Crippen LogP contribution in [0, 0.1) is 5.92 Å². The van der Waals surface area contributed by atoms with E-state index in [1.165, 1.54) is 11.3 Å². The number of hydrogen-bond donors (Lipinski definition) is 1. The molecule has 1 fully saturated rings. The van der Waals surface area contributed by atoms with Crippen LogP contribution in [0.1, 0.15) is 33.6 Å². The van der Waals surface area contributed by atoms with Gasteiger partial charge in [0.2, 0.25) is 0 Å². The highest BCUT2D eigenvalue weighted by molar-refractivity contribution is 5.83. The van der Waals surface area contributed by atoms with Crippen molar-refractivity contribution in [1.29, 1.82) is 0 Å². The number of carbonyl (C=O) groups is 1. The quantitative estimate of drug-likeness (QED) is 0.776. The van der Waals surface area contributed by atoms with Gasteiger partial charge < -0.3 is 10.0 Å². The van der Waals surface area contributed by atoms with Crippen molar-refractivity contribution in [2.24, 2.45) is 10.9 Å². The standard InChI is InChI=1S/C12H18N2O2/c1-7-8(2)13-9(3)14-6-10(4-11(7)14)5-12(15)16/h8,10H,4-6H2,1-3H3,(H,15,16)/t8-,10+/m0/s1. The van der Waals surface area contributed by atoms with Crippen LogP contribution in [0.4, 0.5) is 0 Å². The van der Waals surface area contributed by atoms with Gasteiger partial charge in [0.25, 0.3) is 0 Å². The van der Waals surface area contributed by atoms with Crippen molar-refractivity contribution in [3.8, 4) is 0 Å². The second-order valence-electron chi connectivity index (χ2n) is 4.76. The van der Waals surface area contributed by atoms with Gasteiger partial charge in [-0.2, -0.15) is 0 Å². The molecular weight excluding hydrogens is 204 g/mol. The third kappa shape index (κ3) is 1.84. The number of aliphatic imine (C=N–C) groups is 1. The average molecular weight is 222 g/mol. The van der Waals surface area contributed by atoms with Crippen LogP contribution < -0.4 is 0 Å². The molecule has 0 saturated carbocycles. The fourth-order valence-electron chi connectivity index (χ4n) is 2.59. The largest absolute Gasteiger partial charge is 0.481 e. The van der Waals surface area contributed by atoms with Crippen molar-refractivity contribution in [3.63, 3.8) is 0 Å². The Hall–Kier alpha value is -1.32. The number of aliphatic carboxylic acids is 1. The second kappa shape index (κ2) is 3.92. The number of amidine groups is 1. The Labute approximate surface area is 95.7 Å². The van der Waals surface area contributed by atoms with Gasteiger partial charge in [-0.3, -0.25) is 9.79 Å². The maximum Gasteiger partial charge on any atom is 0.303 e. The molecular formula is C12H18N2O2. The molecule has 0 spiro atoms. The van der Waals surface area contributed by atoms with E-state index >= 15 is 0 Å². The number of hydrogen-bond acceptors (Lipinski definition) is 3. The van der Waals surface area contributed by atoms with Gasteiger partial charge in [0.05, 0.1) is 12.5 Å². The first-order valence-corrected chi connectivity index (χ1v) is 5.72. The molecule has 0 aromatic carbocycles. The SMILES string of the molecule is CC1=N[C@@H](C)C(C)=C2C[C@H](CC(=O)O)CN12. The lowest BCUT2D eigenvalue weighted by Gasteiger charge is -2.28. The number of rotatable bonds is 2. The predicted octanol–water partition coefficient (Wildman–Crippen LogP) is 1.88. The third-order valence-electron chi connectivity index (χ3n) is 3.56. The van der Waals surface area contributed by atoms with E-state index in [4.69, 9.17) is 5.11 Å². The van der Waals surface area contributed by atoms with E-state index in [0.717, 1.165) is 18.8 Å². The number of carboxylic acid groups (broad SMARTS) is 1. The molecule has 1 N–H and O–H groups in total. The topological polar surface area (TPSA) is 52.9 Å². The minimum absolute atomic E-state index is 0.234. The van der Waals surface area contributed by atoms with Gasteiger partial charge in [0.15, 0.2) is 0 Å². The number of nitrogens with zero attached hydrogens (tertiary/aromatic N) is 2. The molecule has 2 heterocycles. The Morgan fingerprint density at radius 3 is 2.88 bits per heavy atom. The zero-order valence-electron chi connectivity index (χ0n) is 10.0. The zero-order chi connectivity index (χ0) is 11.9. The molecule has 0 aliphatic carbocycles. The summed E-state index contributed by atoms with van der Waals surface area (Å²) in [6.45, 7) is 7.01. The third-order valence-corrected chi connectivity index (χ3v) is 3.56. The van der Waals surface area contributed by atoms with Crippen LogP contribution >= 0.6 is 0 Å². The number of carboxylic acids is 1. The molecule has 0 aromatic heterocycles. The van der Waals surface area contributed by atoms with Crippen molar-refractivity contribution in [1.82, 2.24) is 4.90 Å². The van der Waals surface area contributed by atoms with E-state index in [1.807, 2.05) is 6.92 Å². The van der Waals surface area contributed by atoms with Gasteiger partial charge in [-0.1, -0.05) is 0 Å². The Morgan fingerprint density at radius 1 is 1.56 bits per heavy atom. The summed E-state index contributed by atoms with van der Waals surface area (Å²) < 4.78 is 0. The Balaban J connectivity index is 2.20. The van der Waals surface area contributed by atoms with Gasteiger partial charge >= 0.3 is 5.97 Å². The lowest BCUT2D eigenvalue weighted by atomic mass is 10.00. The molecule has 4 nitrogen and oxygen atoms in total. The van der Waals surface area contributed by atoms with Crippen LogP contribution in [0.5, 0.6) is 0 Å². The fraction of sp³-hybridized carbons (Fsp3) is 0.667. The summed E-state index contributed by atoms with van der Waals surface area (Å²) in [7, 11) is 0. The molecule has 0 aromatic rings. The minimum atomic E-state index is -0.703. The summed E-state index contributed by atoms with van der Waals surface area (Å²) in [6.07, 6.45) is 1.14. The van der Waals surface area contributed by atoms with Crippen molar-refractivity contribution < 1.29 is 9.90 Å². The molecule has 2 atom stereocenters. The van der Waals surface area contributed by atoms with Crippen molar-refractivity contribution in [2.75, 3.05) is 6.54 Å². The van der Waals surface area contributed by atoms with E-state index in [1.54, 1.807) is 0 Å².